The van der Waals surface area contributed by atoms with Crippen molar-refractivity contribution >= 4 is 16.9 Å². The van der Waals surface area contributed by atoms with Gasteiger partial charge in [-0.1, -0.05) is 31.5 Å². The van der Waals surface area contributed by atoms with Crippen LogP contribution in [0.1, 0.15) is 19.8 Å². The van der Waals surface area contributed by atoms with Crippen molar-refractivity contribution in [1.82, 2.24) is 4.98 Å². The van der Waals surface area contributed by atoms with Crippen molar-refractivity contribution in [2.24, 2.45) is 0 Å². The standard InChI is InChI=1S/C14H15NO3/c1-2-5-13(14(16)17)18-11-8-10-6-3-4-7-12(10)15-9-11/h3-4,6-9,13H,2,5H2,1H3,(H,16,17). The van der Waals surface area contributed by atoms with E-state index in [0.29, 0.717) is 12.2 Å². The Hall–Kier alpha value is -2.10. The Bertz CT molecular complexity index is 553. The maximum atomic E-state index is 11.0. The van der Waals surface area contributed by atoms with Gasteiger partial charge >= 0.3 is 5.97 Å². The van der Waals surface area contributed by atoms with Crippen LogP contribution < -0.4 is 4.74 Å². The third-order valence-corrected chi connectivity index (χ3v) is 2.67. The summed E-state index contributed by atoms with van der Waals surface area (Å²) in [5, 5.41) is 9.97. The first-order valence-corrected chi connectivity index (χ1v) is 5.95. The molecule has 0 saturated carbocycles. The molecule has 94 valence electrons. The van der Waals surface area contributed by atoms with Crippen molar-refractivity contribution in [1.29, 1.82) is 0 Å². The molecule has 0 radical (unpaired) electrons. The van der Waals surface area contributed by atoms with Crippen LogP contribution in [0.2, 0.25) is 0 Å². The molecule has 1 atom stereocenters. The first-order valence-electron chi connectivity index (χ1n) is 5.95. The zero-order valence-electron chi connectivity index (χ0n) is 10.2. The lowest BCUT2D eigenvalue weighted by atomic mass is 10.2. The van der Waals surface area contributed by atoms with E-state index in [0.717, 1.165) is 17.3 Å². The summed E-state index contributed by atoms with van der Waals surface area (Å²) < 4.78 is 5.46. The largest absolute Gasteiger partial charge is 0.479 e. The number of carbonyl (C=O) groups is 1. The zero-order valence-corrected chi connectivity index (χ0v) is 10.2. The molecule has 0 aliphatic carbocycles. The van der Waals surface area contributed by atoms with Gasteiger partial charge in [0.25, 0.3) is 0 Å². The molecule has 0 aliphatic rings. The molecular weight excluding hydrogens is 230 g/mol. The molecule has 0 spiro atoms. The molecule has 2 aromatic rings. The van der Waals surface area contributed by atoms with Crippen molar-refractivity contribution in [2.45, 2.75) is 25.9 Å². The molecule has 2 rings (SSSR count). The second-order valence-electron chi connectivity index (χ2n) is 4.10. The van der Waals surface area contributed by atoms with Crippen molar-refractivity contribution in [3.63, 3.8) is 0 Å². The predicted molar refractivity (Wildman–Crippen MR) is 68.7 cm³/mol. The molecule has 4 nitrogen and oxygen atoms in total. The number of pyridine rings is 1. The number of aliphatic carboxylic acids is 1. The highest BCUT2D eigenvalue weighted by Crippen LogP contribution is 2.19. The number of aromatic nitrogens is 1. The van der Waals surface area contributed by atoms with Gasteiger partial charge in [0.15, 0.2) is 6.10 Å². The van der Waals surface area contributed by atoms with Crippen LogP contribution in [-0.4, -0.2) is 22.2 Å². The molecule has 1 N–H and O–H groups in total. The van der Waals surface area contributed by atoms with E-state index < -0.39 is 12.1 Å². The van der Waals surface area contributed by atoms with Crippen LogP contribution in [0.25, 0.3) is 10.9 Å². The van der Waals surface area contributed by atoms with Gasteiger partial charge in [0.2, 0.25) is 0 Å². The molecule has 0 fully saturated rings. The van der Waals surface area contributed by atoms with Gasteiger partial charge in [-0.2, -0.15) is 0 Å². The third-order valence-electron chi connectivity index (χ3n) is 2.67. The molecule has 1 unspecified atom stereocenters. The van der Waals surface area contributed by atoms with E-state index >= 15 is 0 Å². The molecule has 0 bridgehead atoms. The summed E-state index contributed by atoms with van der Waals surface area (Å²) in [4.78, 5) is 15.2. The fourth-order valence-corrected chi connectivity index (χ4v) is 1.77. The van der Waals surface area contributed by atoms with Crippen LogP contribution in [-0.2, 0) is 4.79 Å². The number of ether oxygens (including phenoxy) is 1. The minimum Gasteiger partial charge on any atom is -0.479 e. The molecule has 0 amide bonds. The molecule has 4 heteroatoms. The van der Waals surface area contributed by atoms with Gasteiger partial charge in [0.1, 0.15) is 5.75 Å². The molecule has 1 aromatic heterocycles. The van der Waals surface area contributed by atoms with E-state index in [4.69, 9.17) is 9.84 Å². The number of nitrogens with zero attached hydrogens (tertiary/aromatic N) is 1. The van der Waals surface area contributed by atoms with Crippen LogP contribution >= 0.6 is 0 Å². The van der Waals surface area contributed by atoms with Gasteiger partial charge in [-0.15, -0.1) is 0 Å². The van der Waals surface area contributed by atoms with E-state index in [1.165, 1.54) is 0 Å². The number of hydrogen-bond donors (Lipinski definition) is 1. The second kappa shape index (κ2) is 5.49. The number of carboxylic acid groups (broad SMARTS) is 1. The Morgan fingerprint density at radius 3 is 2.94 bits per heavy atom. The van der Waals surface area contributed by atoms with Crippen LogP contribution in [0.15, 0.2) is 36.5 Å². The quantitative estimate of drug-likeness (QED) is 0.879. The first-order chi connectivity index (χ1) is 8.70. The van der Waals surface area contributed by atoms with Crippen molar-refractivity contribution in [2.75, 3.05) is 0 Å². The molecule has 1 heterocycles. The van der Waals surface area contributed by atoms with E-state index in [1.54, 1.807) is 6.20 Å². The highest BCUT2D eigenvalue weighted by Gasteiger charge is 2.18. The second-order valence-corrected chi connectivity index (χ2v) is 4.10. The van der Waals surface area contributed by atoms with E-state index in [-0.39, 0.29) is 0 Å². The predicted octanol–water partition coefficient (Wildman–Crippen LogP) is 2.87. The fraction of sp³-hybridized carbons (Fsp3) is 0.286. The average molecular weight is 245 g/mol. The highest BCUT2D eigenvalue weighted by atomic mass is 16.5. The summed E-state index contributed by atoms with van der Waals surface area (Å²) in [5.41, 5.74) is 0.868. The third kappa shape index (κ3) is 2.77. The fourth-order valence-electron chi connectivity index (χ4n) is 1.77. The Kier molecular flexibility index (Phi) is 3.77. The molecular formula is C14H15NO3. The number of para-hydroxylation sites is 1. The SMILES string of the molecule is CCCC(Oc1cnc2ccccc2c1)C(=O)O. The number of rotatable bonds is 5. The van der Waals surface area contributed by atoms with Gasteiger partial charge in [-0.05, 0) is 18.6 Å². The minimum atomic E-state index is -0.940. The minimum absolute atomic E-state index is 0.488. The summed E-state index contributed by atoms with van der Waals surface area (Å²) in [7, 11) is 0. The zero-order chi connectivity index (χ0) is 13.0. The topological polar surface area (TPSA) is 59.4 Å². The summed E-state index contributed by atoms with van der Waals surface area (Å²) in [6, 6.07) is 9.46. The van der Waals surface area contributed by atoms with E-state index in [1.807, 2.05) is 37.3 Å². The maximum absolute atomic E-state index is 11.0. The van der Waals surface area contributed by atoms with Crippen molar-refractivity contribution in [3.8, 4) is 5.75 Å². The number of carboxylic acids is 1. The van der Waals surface area contributed by atoms with Gasteiger partial charge in [0.05, 0.1) is 11.7 Å². The van der Waals surface area contributed by atoms with E-state index in [2.05, 4.69) is 4.98 Å². The van der Waals surface area contributed by atoms with Crippen LogP contribution in [0.5, 0.6) is 5.75 Å². The van der Waals surface area contributed by atoms with Gasteiger partial charge in [0, 0.05) is 5.39 Å². The molecule has 0 aliphatic heterocycles. The summed E-state index contributed by atoms with van der Waals surface area (Å²) >= 11 is 0. The Morgan fingerprint density at radius 2 is 2.22 bits per heavy atom. The summed E-state index contributed by atoms with van der Waals surface area (Å²) in [5.74, 6) is -0.445. The lowest BCUT2D eigenvalue weighted by Gasteiger charge is -2.14. The normalized spacial score (nSPS) is 12.3. The summed E-state index contributed by atoms with van der Waals surface area (Å²) in [6.07, 6.45) is 2.01. The van der Waals surface area contributed by atoms with Crippen LogP contribution in [0.3, 0.4) is 0 Å². The first kappa shape index (κ1) is 12.4. The Labute approximate surface area is 105 Å². The summed E-state index contributed by atoms with van der Waals surface area (Å²) in [6.45, 7) is 1.93. The van der Waals surface area contributed by atoms with Gasteiger partial charge in [-0.3, -0.25) is 4.98 Å². The highest BCUT2D eigenvalue weighted by molar-refractivity contribution is 5.79. The van der Waals surface area contributed by atoms with Crippen LogP contribution in [0, 0.1) is 0 Å². The molecule has 1 aromatic carbocycles. The van der Waals surface area contributed by atoms with E-state index in [9.17, 15) is 4.79 Å². The number of fused-ring (bicyclic) bond motifs is 1. The number of hydrogen-bond acceptors (Lipinski definition) is 3. The lowest BCUT2D eigenvalue weighted by Crippen LogP contribution is -2.26. The monoisotopic (exact) mass is 245 g/mol. The molecule has 0 saturated heterocycles. The Morgan fingerprint density at radius 1 is 1.44 bits per heavy atom. The van der Waals surface area contributed by atoms with Crippen molar-refractivity contribution in [3.05, 3.63) is 36.5 Å². The smallest absolute Gasteiger partial charge is 0.344 e. The van der Waals surface area contributed by atoms with Gasteiger partial charge < -0.3 is 9.84 Å². The Balaban J connectivity index is 2.22. The molecule has 18 heavy (non-hydrogen) atoms. The van der Waals surface area contributed by atoms with Crippen molar-refractivity contribution < 1.29 is 14.6 Å². The lowest BCUT2D eigenvalue weighted by molar-refractivity contribution is -0.145. The van der Waals surface area contributed by atoms with Crippen LogP contribution in [0.4, 0.5) is 0 Å². The van der Waals surface area contributed by atoms with Gasteiger partial charge in [-0.25, -0.2) is 4.79 Å². The maximum Gasteiger partial charge on any atom is 0.344 e. The number of benzene rings is 1. The average Bonchev–Trinajstić information content (AvgIpc) is 2.38.